The quantitative estimate of drug-likeness (QED) is 0.0406. The molecule has 1 aromatic heterocycles. The van der Waals surface area contributed by atoms with Gasteiger partial charge in [0.15, 0.2) is 0 Å². The van der Waals surface area contributed by atoms with E-state index < -0.39 is 0 Å². The van der Waals surface area contributed by atoms with E-state index in [4.69, 9.17) is 21.2 Å². The summed E-state index contributed by atoms with van der Waals surface area (Å²) in [6.07, 6.45) is 2.36. The van der Waals surface area contributed by atoms with Gasteiger partial charge in [-0.25, -0.2) is 13.8 Å². The monoisotopic (exact) mass is 712 g/mol. The second-order valence-corrected chi connectivity index (χ2v) is 12.7. The van der Waals surface area contributed by atoms with Gasteiger partial charge in [0.2, 0.25) is 6.41 Å². The number of aromatic nitrogens is 1. The van der Waals surface area contributed by atoms with E-state index in [1.54, 1.807) is 12.1 Å². The number of rotatable bonds is 14. The largest absolute Gasteiger partial charge is 0.399 e. The molecular formula is C40H50F2N8O2. The van der Waals surface area contributed by atoms with Crippen LogP contribution < -0.4 is 27.4 Å². The Hall–Kier alpha value is -5.33. The first kappa shape index (κ1) is 39.5. The Balaban J connectivity index is 0.000000521. The summed E-state index contributed by atoms with van der Waals surface area (Å²) in [5, 5.41) is 9.16. The van der Waals surface area contributed by atoms with Crippen molar-refractivity contribution < 1.29 is 18.3 Å². The van der Waals surface area contributed by atoms with E-state index in [1.165, 1.54) is 29.8 Å². The van der Waals surface area contributed by atoms with E-state index in [0.717, 1.165) is 71.9 Å². The molecular weight excluding hydrogens is 662 g/mol. The third kappa shape index (κ3) is 11.6. The van der Waals surface area contributed by atoms with Crippen LogP contribution in [-0.2, 0) is 16.1 Å². The number of ether oxygens (including phenoxy) is 1. The van der Waals surface area contributed by atoms with Gasteiger partial charge in [0.25, 0.3) is 0 Å². The third-order valence-electron chi connectivity index (χ3n) is 8.75. The molecule has 1 aliphatic rings. The summed E-state index contributed by atoms with van der Waals surface area (Å²) in [7, 11) is 0. The number of likely N-dealkylation sites (tertiary alicyclic amines) is 1. The molecule has 0 unspecified atom stereocenters. The summed E-state index contributed by atoms with van der Waals surface area (Å²) >= 11 is 0. The number of carbonyl (C=O) groups excluding carboxylic acids is 1. The molecule has 5 rings (SSSR count). The zero-order valence-corrected chi connectivity index (χ0v) is 30.4. The molecule has 52 heavy (non-hydrogen) atoms. The van der Waals surface area contributed by atoms with Crippen LogP contribution in [0.4, 0.5) is 31.7 Å². The Morgan fingerprint density at radius 3 is 2.44 bits per heavy atom. The molecule has 0 radical (unpaired) electrons. The van der Waals surface area contributed by atoms with Crippen LogP contribution in [0.5, 0.6) is 0 Å². The predicted octanol–water partition coefficient (Wildman–Crippen LogP) is 7.03. The number of nitrogens with one attached hydrogen (secondary N) is 3. The Labute approximate surface area is 305 Å². The Bertz CT molecular complexity index is 1860. The fourth-order valence-electron chi connectivity index (χ4n) is 5.87. The molecule has 3 aromatic carbocycles. The van der Waals surface area contributed by atoms with Gasteiger partial charge in [-0.2, -0.15) is 0 Å². The maximum Gasteiger partial charge on any atom is 0.211 e. The molecule has 12 heteroatoms. The number of hydrogen-bond acceptors (Lipinski definition) is 8. The molecule has 10 nitrogen and oxygen atoms in total. The number of anilines is 4. The molecule has 1 fully saturated rings. The van der Waals surface area contributed by atoms with Crippen molar-refractivity contribution in [1.82, 2.24) is 9.88 Å². The molecule has 2 heterocycles. The highest BCUT2D eigenvalue weighted by atomic mass is 19.1. The molecule has 1 saturated heterocycles. The van der Waals surface area contributed by atoms with E-state index in [1.807, 2.05) is 52.0 Å². The number of benzene rings is 3. The molecule has 7 N–H and O–H groups in total. The molecule has 4 aromatic rings. The maximum atomic E-state index is 14.6. The van der Waals surface area contributed by atoms with E-state index in [-0.39, 0.29) is 17.7 Å². The second-order valence-electron chi connectivity index (χ2n) is 12.7. The number of hydrogen-bond donors (Lipinski definition) is 5. The van der Waals surface area contributed by atoms with Crippen molar-refractivity contribution >= 4 is 40.8 Å². The van der Waals surface area contributed by atoms with Crippen LogP contribution in [-0.4, -0.2) is 61.0 Å². The van der Waals surface area contributed by atoms with Gasteiger partial charge in [-0.3, -0.25) is 14.7 Å². The molecule has 1 aliphatic heterocycles. The fraction of sp³-hybridized carbons (Fsp3) is 0.325. The lowest BCUT2D eigenvalue weighted by atomic mass is 10.0. The zero-order chi connectivity index (χ0) is 37.6. The summed E-state index contributed by atoms with van der Waals surface area (Å²) in [6.45, 7) is 16.2. The number of amides is 1. The van der Waals surface area contributed by atoms with E-state index in [0.29, 0.717) is 49.1 Å². The first-order valence-corrected chi connectivity index (χ1v) is 17.4. The Kier molecular flexibility index (Phi) is 14.7. The van der Waals surface area contributed by atoms with Crippen LogP contribution in [0.1, 0.15) is 53.3 Å². The highest BCUT2D eigenvalue weighted by Gasteiger charge is 2.21. The van der Waals surface area contributed by atoms with Crippen LogP contribution in [0.3, 0.4) is 0 Å². The Morgan fingerprint density at radius 2 is 1.79 bits per heavy atom. The first-order valence-electron chi connectivity index (χ1n) is 17.4. The lowest BCUT2D eigenvalue weighted by Gasteiger charge is -2.33. The first-order chi connectivity index (χ1) is 25.0. The van der Waals surface area contributed by atoms with Crippen LogP contribution in [0.15, 0.2) is 78.3 Å². The minimum atomic E-state index is -0.355. The smallest absolute Gasteiger partial charge is 0.211 e. The van der Waals surface area contributed by atoms with Gasteiger partial charge in [-0.15, -0.1) is 0 Å². The van der Waals surface area contributed by atoms with Gasteiger partial charge < -0.3 is 32.2 Å². The minimum Gasteiger partial charge on any atom is -0.399 e. The number of amidine groups is 1. The third-order valence-corrected chi connectivity index (χ3v) is 8.75. The number of aryl methyl sites for hydroxylation is 3. The number of pyridine rings is 1. The second kappa shape index (κ2) is 19.3. The summed E-state index contributed by atoms with van der Waals surface area (Å²) in [6, 6.07) is 19.4. The van der Waals surface area contributed by atoms with Gasteiger partial charge >= 0.3 is 0 Å². The number of aliphatic imine (C=N–C) groups is 1. The average molecular weight is 713 g/mol. The van der Waals surface area contributed by atoms with Crippen molar-refractivity contribution in [3.63, 3.8) is 0 Å². The van der Waals surface area contributed by atoms with Crippen molar-refractivity contribution in [2.75, 3.05) is 48.8 Å². The van der Waals surface area contributed by atoms with Gasteiger partial charge in [0.05, 0.1) is 18.8 Å². The number of halogens is 2. The van der Waals surface area contributed by atoms with E-state index in [2.05, 4.69) is 38.5 Å². The molecule has 0 spiro atoms. The topological polar surface area (TPSA) is 143 Å². The van der Waals surface area contributed by atoms with Crippen molar-refractivity contribution in [2.45, 2.75) is 53.1 Å². The average Bonchev–Trinajstić information content (AvgIpc) is 3.11. The van der Waals surface area contributed by atoms with Crippen LogP contribution in [0.2, 0.25) is 0 Å². The summed E-state index contributed by atoms with van der Waals surface area (Å²) in [5.41, 5.74) is 20.2. The van der Waals surface area contributed by atoms with E-state index in [9.17, 15) is 13.6 Å². The maximum absolute atomic E-state index is 14.6. The van der Waals surface area contributed by atoms with Gasteiger partial charge in [-0.1, -0.05) is 18.7 Å². The van der Waals surface area contributed by atoms with Crippen molar-refractivity contribution in [1.29, 1.82) is 0 Å². The number of carbonyl (C=O) groups is 1. The number of nitrogens with zero attached hydrogens (tertiary/aromatic N) is 3. The standard InChI is InChI=1S/C33H44FN7O.C7H6FNO/c1-6-42-16-13-37-33(36)25-7-9-30(22(3)17-25)40-32-10-8-26(24(5)38-32)20-41-14-11-27(12-15-41)39-31-19-28(23(4)35)21(2)18-29(31)34;8-6-2-1-3-7(4-6)9-5-10/h7-10,17-19,27,39H,4,6,11-16,20,35H2,1-3,5H3,(H2,36,37)(H,38,40);1-5H,(H,9,10). The summed E-state index contributed by atoms with van der Waals surface area (Å²) in [4.78, 5) is 21.5. The van der Waals surface area contributed by atoms with Gasteiger partial charge in [0.1, 0.15) is 23.3 Å². The molecule has 276 valence electrons. The SMILES string of the molecule is C=C(N)c1cc(NC2CCN(Cc3ccc(Nc4ccc(C(N)=NCCOCC)cc4C)nc3C)CC2)c(F)cc1C.O=CNc1cccc(F)c1. The lowest BCUT2D eigenvalue weighted by molar-refractivity contribution is -0.105. The predicted molar refractivity (Wildman–Crippen MR) is 208 cm³/mol. The van der Waals surface area contributed by atoms with Gasteiger partial charge in [-0.05, 0) is 112 Å². The summed E-state index contributed by atoms with van der Waals surface area (Å²) < 4.78 is 32.3. The molecule has 0 saturated carbocycles. The van der Waals surface area contributed by atoms with E-state index >= 15 is 0 Å². The van der Waals surface area contributed by atoms with Crippen molar-refractivity contribution in [3.8, 4) is 0 Å². The van der Waals surface area contributed by atoms with Crippen molar-refractivity contribution in [2.24, 2.45) is 16.5 Å². The molecule has 0 aliphatic carbocycles. The van der Waals surface area contributed by atoms with Crippen LogP contribution in [0, 0.1) is 32.4 Å². The molecule has 1 amide bonds. The zero-order valence-electron chi connectivity index (χ0n) is 30.4. The molecule has 0 bridgehead atoms. The Morgan fingerprint density at radius 1 is 1.02 bits per heavy atom. The fourth-order valence-corrected chi connectivity index (χ4v) is 5.87. The highest BCUT2D eigenvalue weighted by Crippen LogP contribution is 2.27. The summed E-state index contributed by atoms with van der Waals surface area (Å²) in [5.74, 6) is 0.699. The van der Waals surface area contributed by atoms with Gasteiger partial charge in [0, 0.05) is 66.2 Å². The number of nitrogens with two attached hydrogens (primary N) is 2. The van der Waals surface area contributed by atoms with Crippen LogP contribution in [0.25, 0.3) is 5.70 Å². The molecule has 0 atom stereocenters. The minimum absolute atomic E-state index is 0.203. The normalized spacial score (nSPS) is 13.5. The van der Waals surface area contributed by atoms with Crippen LogP contribution >= 0.6 is 0 Å². The highest BCUT2D eigenvalue weighted by molar-refractivity contribution is 5.98. The van der Waals surface area contributed by atoms with Crippen molar-refractivity contribution in [3.05, 3.63) is 118 Å². The lowest BCUT2D eigenvalue weighted by Crippen LogP contribution is -2.39. The number of piperidine rings is 1.